The van der Waals surface area contributed by atoms with Gasteiger partial charge >= 0.3 is 0 Å². The first-order valence-corrected chi connectivity index (χ1v) is 16.0. The predicted octanol–water partition coefficient (Wildman–Crippen LogP) is 6.07. The van der Waals surface area contributed by atoms with Crippen molar-refractivity contribution in [2.24, 2.45) is 10.8 Å². The minimum atomic E-state index is -0.815. The van der Waals surface area contributed by atoms with E-state index < -0.39 is 10.8 Å². The zero-order chi connectivity index (χ0) is 31.4. The Kier molecular flexibility index (Phi) is 9.28. The zero-order valence-electron chi connectivity index (χ0n) is 25.9. The third-order valence-electron chi connectivity index (χ3n) is 10.1. The molecule has 1 aromatic heterocycles. The van der Waals surface area contributed by atoms with Crippen molar-refractivity contribution in [3.63, 3.8) is 0 Å². The van der Waals surface area contributed by atoms with Crippen LogP contribution in [0.4, 0.5) is 14.6 Å². The van der Waals surface area contributed by atoms with Crippen molar-refractivity contribution in [3.05, 3.63) is 95.2 Å². The Morgan fingerprint density at radius 3 is 2.02 bits per heavy atom. The molecule has 9 heteroatoms. The molecule has 238 valence electrons. The van der Waals surface area contributed by atoms with Gasteiger partial charge in [0, 0.05) is 46.2 Å². The third kappa shape index (κ3) is 6.38. The molecule has 2 aromatic carbocycles. The lowest BCUT2D eigenvalue weighted by Crippen LogP contribution is -2.48. The van der Waals surface area contributed by atoms with E-state index in [1.807, 2.05) is 23.1 Å². The molecule has 3 saturated heterocycles. The highest BCUT2D eigenvalue weighted by Crippen LogP contribution is 2.43. The van der Waals surface area contributed by atoms with Crippen molar-refractivity contribution in [3.8, 4) is 0 Å². The number of aromatic nitrogens is 1. The zero-order valence-corrected chi connectivity index (χ0v) is 25.9. The molecule has 1 atom stereocenters. The average molecular weight is 618 g/mol. The second-order valence-corrected chi connectivity index (χ2v) is 12.8. The first kappa shape index (κ1) is 31.3. The van der Waals surface area contributed by atoms with E-state index in [0.717, 1.165) is 18.4 Å². The van der Waals surface area contributed by atoms with Gasteiger partial charge in [0.1, 0.15) is 17.5 Å². The maximum absolute atomic E-state index is 14.8. The Morgan fingerprint density at radius 2 is 1.42 bits per heavy atom. The number of carbonyl (C=O) groups is 2. The highest BCUT2D eigenvalue weighted by Gasteiger charge is 2.46. The van der Waals surface area contributed by atoms with Gasteiger partial charge in [0.2, 0.25) is 11.8 Å². The number of anilines is 1. The molecule has 0 bridgehead atoms. The lowest BCUT2D eigenvalue weighted by molar-refractivity contribution is -0.149. The van der Waals surface area contributed by atoms with Crippen LogP contribution < -0.4 is 4.90 Å². The number of carbonyl (C=O) groups excluding carboxylic acids is 2. The Labute approximate surface area is 263 Å². The second-order valence-electron chi connectivity index (χ2n) is 12.8. The van der Waals surface area contributed by atoms with E-state index in [1.165, 1.54) is 12.1 Å². The molecule has 0 N–H and O–H groups in total. The number of likely N-dealkylation sites (tertiary alicyclic amines) is 1. The standard InChI is InChI=1S/C36H41F2N3O4/c1-40(33(42)35(13-19-44-20-14-35)24-27-7-2-4-9-29(27)37)32-23-26(12-17-39-32)31-11-6-18-41(31)34(43)36(15-21-45-22-16-36)25-28-8-3-5-10-30(28)38/h2-5,7-10,12,17,23,31H,6,11,13-16,18-22,24-25H2,1H3/t31-/m0/s1. The number of halogens is 2. The number of hydrogen-bond donors (Lipinski definition) is 0. The number of amides is 2. The summed E-state index contributed by atoms with van der Waals surface area (Å²) in [4.78, 5) is 36.7. The molecule has 0 radical (unpaired) electrons. The average Bonchev–Trinajstić information content (AvgIpc) is 3.57. The van der Waals surface area contributed by atoms with Crippen LogP contribution in [0.1, 0.15) is 61.3 Å². The summed E-state index contributed by atoms with van der Waals surface area (Å²) in [6, 6.07) is 16.9. The molecule has 3 fully saturated rings. The van der Waals surface area contributed by atoms with Crippen LogP contribution in [0.5, 0.6) is 0 Å². The monoisotopic (exact) mass is 617 g/mol. The number of ether oxygens (including phenoxy) is 2. The summed E-state index contributed by atoms with van der Waals surface area (Å²) < 4.78 is 40.7. The summed E-state index contributed by atoms with van der Waals surface area (Å²) >= 11 is 0. The maximum Gasteiger partial charge on any atom is 0.234 e. The van der Waals surface area contributed by atoms with Gasteiger partial charge in [-0.05, 0) is 92.3 Å². The van der Waals surface area contributed by atoms with Gasteiger partial charge in [-0.2, -0.15) is 0 Å². The van der Waals surface area contributed by atoms with Crippen LogP contribution in [0.3, 0.4) is 0 Å². The predicted molar refractivity (Wildman–Crippen MR) is 167 cm³/mol. The first-order valence-electron chi connectivity index (χ1n) is 16.0. The molecular weight excluding hydrogens is 576 g/mol. The molecule has 3 aromatic rings. The van der Waals surface area contributed by atoms with Crippen LogP contribution >= 0.6 is 0 Å². The highest BCUT2D eigenvalue weighted by molar-refractivity contribution is 5.96. The lowest BCUT2D eigenvalue weighted by atomic mass is 9.73. The van der Waals surface area contributed by atoms with E-state index in [0.29, 0.717) is 82.0 Å². The maximum atomic E-state index is 14.8. The fourth-order valence-corrected chi connectivity index (χ4v) is 7.42. The van der Waals surface area contributed by atoms with Crippen molar-refractivity contribution in [1.29, 1.82) is 0 Å². The normalized spacial score (nSPS) is 21.0. The Morgan fingerprint density at radius 1 is 0.867 bits per heavy atom. The molecule has 7 nitrogen and oxygen atoms in total. The Bertz CT molecular complexity index is 1520. The molecule has 45 heavy (non-hydrogen) atoms. The van der Waals surface area contributed by atoms with Gasteiger partial charge in [-0.25, -0.2) is 13.8 Å². The van der Waals surface area contributed by atoms with Gasteiger partial charge in [-0.3, -0.25) is 14.5 Å². The number of nitrogens with zero attached hydrogens (tertiary/aromatic N) is 3. The topological polar surface area (TPSA) is 72.0 Å². The quantitative estimate of drug-likeness (QED) is 0.307. The summed E-state index contributed by atoms with van der Waals surface area (Å²) in [6.07, 6.45) is 5.99. The van der Waals surface area contributed by atoms with E-state index in [1.54, 1.807) is 48.5 Å². The molecule has 0 saturated carbocycles. The fourth-order valence-electron chi connectivity index (χ4n) is 7.42. The molecule has 3 aliphatic rings. The van der Waals surface area contributed by atoms with E-state index in [9.17, 15) is 18.4 Å². The summed E-state index contributed by atoms with van der Waals surface area (Å²) in [7, 11) is 1.72. The number of rotatable bonds is 8. The summed E-state index contributed by atoms with van der Waals surface area (Å²) in [5, 5.41) is 0. The van der Waals surface area contributed by atoms with Crippen LogP contribution in [0, 0.1) is 22.5 Å². The Balaban J connectivity index is 1.25. The summed E-state index contributed by atoms with van der Waals surface area (Å²) in [5.74, 6) is -0.210. The van der Waals surface area contributed by atoms with Crippen molar-refractivity contribution >= 4 is 17.6 Å². The van der Waals surface area contributed by atoms with Gasteiger partial charge in [0.05, 0.1) is 16.9 Å². The molecular formula is C36H41F2N3O4. The SMILES string of the molecule is CN(C(=O)C1(Cc2ccccc2F)CCOCC1)c1cc([C@@H]2CCCN2C(=O)C2(Cc3ccccc3F)CCOCC2)ccn1. The molecule has 0 aliphatic carbocycles. The van der Waals surface area contributed by atoms with Crippen molar-refractivity contribution in [2.45, 2.75) is 57.4 Å². The number of benzene rings is 2. The molecule has 0 spiro atoms. The van der Waals surface area contributed by atoms with Crippen LogP contribution in [-0.2, 0) is 31.9 Å². The minimum Gasteiger partial charge on any atom is -0.381 e. The Hall–Kier alpha value is -3.69. The summed E-state index contributed by atoms with van der Waals surface area (Å²) in [5.41, 5.74) is 0.416. The summed E-state index contributed by atoms with van der Waals surface area (Å²) in [6.45, 7) is 2.40. The molecule has 4 heterocycles. The van der Waals surface area contributed by atoms with Gasteiger partial charge in [-0.15, -0.1) is 0 Å². The smallest absolute Gasteiger partial charge is 0.234 e. The van der Waals surface area contributed by atoms with Gasteiger partial charge in [0.15, 0.2) is 0 Å². The third-order valence-corrected chi connectivity index (χ3v) is 10.1. The van der Waals surface area contributed by atoms with Crippen molar-refractivity contribution < 1.29 is 27.8 Å². The van der Waals surface area contributed by atoms with Gasteiger partial charge in [0.25, 0.3) is 0 Å². The number of hydrogen-bond acceptors (Lipinski definition) is 5. The molecule has 6 rings (SSSR count). The van der Waals surface area contributed by atoms with Crippen molar-refractivity contribution in [2.75, 3.05) is 44.9 Å². The highest BCUT2D eigenvalue weighted by atomic mass is 19.1. The molecule has 0 unspecified atom stereocenters. The van der Waals surface area contributed by atoms with Crippen LogP contribution in [0.25, 0.3) is 0 Å². The second kappa shape index (κ2) is 13.3. The van der Waals surface area contributed by atoms with Crippen LogP contribution in [0.2, 0.25) is 0 Å². The largest absolute Gasteiger partial charge is 0.381 e. The van der Waals surface area contributed by atoms with Gasteiger partial charge < -0.3 is 14.4 Å². The molecule has 3 aliphatic heterocycles. The van der Waals surface area contributed by atoms with E-state index >= 15 is 0 Å². The van der Waals surface area contributed by atoms with E-state index in [4.69, 9.17) is 9.47 Å². The van der Waals surface area contributed by atoms with E-state index in [2.05, 4.69) is 4.98 Å². The lowest BCUT2D eigenvalue weighted by Gasteiger charge is -2.41. The van der Waals surface area contributed by atoms with Gasteiger partial charge in [-0.1, -0.05) is 36.4 Å². The van der Waals surface area contributed by atoms with E-state index in [-0.39, 0.29) is 35.9 Å². The van der Waals surface area contributed by atoms with Crippen LogP contribution in [-0.4, -0.2) is 61.7 Å². The van der Waals surface area contributed by atoms with Crippen LogP contribution in [0.15, 0.2) is 66.9 Å². The fraction of sp³-hybridized carbons (Fsp3) is 0.472. The van der Waals surface area contributed by atoms with Crippen molar-refractivity contribution in [1.82, 2.24) is 9.88 Å². The minimum absolute atomic E-state index is 0.0328. The molecule has 2 amide bonds. The number of pyridine rings is 1. The first-order chi connectivity index (χ1) is 21.8.